The topological polar surface area (TPSA) is 34.9 Å². The molecule has 1 aromatic heterocycles. The maximum Gasteiger partial charge on any atom is 0.134 e. The van der Waals surface area contributed by atoms with Gasteiger partial charge in [0.1, 0.15) is 5.78 Å². The third kappa shape index (κ3) is 1.98. The number of imidazole rings is 1. The first-order valence-corrected chi connectivity index (χ1v) is 5.53. The van der Waals surface area contributed by atoms with Gasteiger partial charge in [-0.2, -0.15) is 0 Å². The third-order valence-corrected chi connectivity index (χ3v) is 2.65. The minimum atomic E-state index is 0.190. The molecule has 0 saturated carbocycles. The van der Waals surface area contributed by atoms with E-state index >= 15 is 0 Å². The maximum atomic E-state index is 11.1. The molecule has 0 atom stereocenters. The molecule has 0 amide bonds. The lowest BCUT2D eigenvalue weighted by atomic mass is 10.1. The van der Waals surface area contributed by atoms with E-state index in [4.69, 9.17) is 0 Å². The van der Waals surface area contributed by atoms with E-state index in [1.807, 2.05) is 18.5 Å². The zero-order chi connectivity index (χ0) is 11.7. The van der Waals surface area contributed by atoms with Crippen LogP contribution in [0.15, 0.2) is 24.5 Å². The van der Waals surface area contributed by atoms with E-state index in [9.17, 15) is 4.79 Å². The third-order valence-electron chi connectivity index (χ3n) is 2.65. The molecule has 16 heavy (non-hydrogen) atoms. The number of benzene rings is 1. The van der Waals surface area contributed by atoms with Crippen molar-refractivity contribution in [2.24, 2.45) is 0 Å². The Morgan fingerprint density at radius 2 is 2.19 bits per heavy atom. The normalized spacial score (nSPS) is 11.2. The average Bonchev–Trinajstić information content (AvgIpc) is 2.59. The summed E-state index contributed by atoms with van der Waals surface area (Å²) in [5.41, 5.74) is 3.15. The summed E-state index contributed by atoms with van der Waals surface area (Å²) in [6.07, 6.45) is 2.35. The van der Waals surface area contributed by atoms with Crippen LogP contribution < -0.4 is 0 Å². The Kier molecular flexibility index (Phi) is 2.77. The van der Waals surface area contributed by atoms with Crippen molar-refractivity contribution in [3.8, 4) is 0 Å². The predicted octanol–water partition coefficient (Wildman–Crippen LogP) is 2.75. The minimum Gasteiger partial charge on any atom is -0.328 e. The lowest BCUT2D eigenvalue weighted by molar-refractivity contribution is -0.116. The molecule has 1 heterocycles. The average molecular weight is 216 g/mol. The molecular formula is C13H16N2O. The lowest BCUT2D eigenvalue weighted by Crippen LogP contribution is -2.00. The summed E-state index contributed by atoms with van der Waals surface area (Å²) in [5, 5.41) is 0. The SMILES string of the molecule is CC(=O)Cc1ccc2ncn(C(C)C)c2c1. The number of carbonyl (C=O) groups excluding carboxylic acids is 1. The van der Waals surface area contributed by atoms with E-state index < -0.39 is 0 Å². The molecule has 2 aromatic rings. The number of fused-ring (bicyclic) bond motifs is 1. The van der Waals surface area contributed by atoms with E-state index in [1.54, 1.807) is 6.92 Å². The van der Waals surface area contributed by atoms with Crippen LogP contribution in [-0.2, 0) is 11.2 Å². The van der Waals surface area contributed by atoms with Crippen molar-refractivity contribution in [3.05, 3.63) is 30.1 Å². The Balaban J connectivity index is 2.50. The van der Waals surface area contributed by atoms with Crippen LogP contribution in [0.25, 0.3) is 11.0 Å². The zero-order valence-corrected chi connectivity index (χ0v) is 9.90. The van der Waals surface area contributed by atoms with E-state index in [0.717, 1.165) is 16.6 Å². The molecule has 3 heteroatoms. The largest absolute Gasteiger partial charge is 0.328 e. The molecule has 0 N–H and O–H groups in total. The zero-order valence-electron chi connectivity index (χ0n) is 9.90. The molecule has 0 unspecified atom stereocenters. The summed E-state index contributed by atoms with van der Waals surface area (Å²) in [4.78, 5) is 15.4. The van der Waals surface area contributed by atoms with E-state index in [2.05, 4.69) is 29.5 Å². The highest BCUT2D eigenvalue weighted by molar-refractivity contribution is 5.81. The number of carbonyl (C=O) groups is 1. The molecule has 2 rings (SSSR count). The Morgan fingerprint density at radius 1 is 1.44 bits per heavy atom. The highest BCUT2D eigenvalue weighted by Crippen LogP contribution is 2.19. The monoisotopic (exact) mass is 216 g/mol. The molecular weight excluding hydrogens is 200 g/mol. The van der Waals surface area contributed by atoms with Gasteiger partial charge in [0, 0.05) is 12.5 Å². The maximum absolute atomic E-state index is 11.1. The second kappa shape index (κ2) is 4.08. The highest BCUT2D eigenvalue weighted by atomic mass is 16.1. The van der Waals surface area contributed by atoms with Gasteiger partial charge in [-0.15, -0.1) is 0 Å². The summed E-state index contributed by atoms with van der Waals surface area (Å²) in [7, 11) is 0. The smallest absolute Gasteiger partial charge is 0.134 e. The Hall–Kier alpha value is -1.64. The number of hydrogen-bond donors (Lipinski definition) is 0. The fourth-order valence-electron chi connectivity index (χ4n) is 1.88. The van der Waals surface area contributed by atoms with Crippen LogP contribution in [-0.4, -0.2) is 15.3 Å². The summed E-state index contributed by atoms with van der Waals surface area (Å²) in [6, 6.07) is 6.40. The molecule has 0 spiro atoms. The molecule has 0 bridgehead atoms. The molecule has 0 aliphatic heterocycles. The first-order chi connectivity index (χ1) is 7.58. The van der Waals surface area contributed by atoms with Crippen molar-refractivity contribution in [3.63, 3.8) is 0 Å². The van der Waals surface area contributed by atoms with Gasteiger partial charge in [0.05, 0.1) is 17.4 Å². The molecule has 3 nitrogen and oxygen atoms in total. The van der Waals surface area contributed by atoms with E-state index in [1.165, 1.54) is 0 Å². The van der Waals surface area contributed by atoms with Crippen molar-refractivity contribution < 1.29 is 4.79 Å². The number of nitrogens with zero attached hydrogens (tertiary/aromatic N) is 2. The van der Waals surface area contributed by atoms with Crippen LogP contribution in [0.2, 0.25) is 0 Å². The van der Waals surface area contributed by atoms with Crippen LogP contribution in [0.4, 0.5) is 0 Å². The quantitative estimate of drug-likeness (QED) is 0.790. The first-order valence-electron chi connectivity index (χ1n) is 5.53. The molecule has 0 aliphatic carbocycles. The van der Waals surface area contributed by atoms with E-state index in [-0.39, 0.29) is 5.78 Å². The summed E-state index contributed by atoms with van der Waals surface area (Å²) in [6.45, 7) is 5.86. The molecule has 84 valence electrons. The second-order valence-electron chi connectivity index (χ2n) is 4.45. The van der Waals surface area contributed by atoms with Crippen molar-refractivity contribution in [1.29, 1.82) is 0 Å². The summed E-state index contributed by atoms with van der Waals surface area (Å²) < 4.78 is 2.12. The molecule has 0 fully saturated rings. The Morgan fingerprint density at radius 3 is 2.81 bits per heavy atom. The van der Waals surface area contributed by atoms with Gasteiger partial charge in [-0.1, -0.05) is 6.07 Å². The van der Waals surface area contributed by atoms with Crippen LogP contribution in [0.5, 0.6) is 0 Å². The van der Waals surface area contributed by atoms with Crippen molar-refractivity contribution in [2.75, 3.05) is 0 Å². The molecule has 0 radical (unpaired) electrons. The Labute approximate surface area is 95.1 Å². The van der Waals surface area contributed by atoms with Crippen LogP contribution in [0.3, 0.4) is 0 Å². The fraction of sp³-hybridized carbons (Fsp3) is 0.385. The fourth-order valence-corrected chi connectivity index (χ4v) is 1.88. The number of Topliss-reactive ketones (excluding diaryl/α,β-unsaturated/α-hetero) is 1. The van der Waals surface area contributed by atoms with Gasteiger partial charge >= 0.3 is 0 Å². The van der Waals surface area contributed by atoms with Gasteiger partial charge in [0.25, 0.3) is 0 Å². The summed E-state index contributed by atoms with van der Waals surface area (Å²) in [5.74, 6) is 0.190. The van der Waals surface area contributed by atoms with Crippen molar-refractivity contribution >= 4 is 16.8 Å². The van der Waals surface area contributed by atoms with Crippen LogP contribution >= 0.6 is 0 Å². The van der Waals surface area contributed by atoms with Gasteiger partial charge in [-0.25, -0.2) is 4.98 Å². The number of aromatic nitrogens is 2. The number of rotatable bonds is 3. The lowest BCUT2D eigenvalue weighted by Gasteiger charge is -2.08. The minimum absolute atomic E-state index is 0.190. The van der Waals surface area contributed by atoms with Gasteiger partial charge in [0.15, 0.2) is 0 Å². The van der Waals surface area contributed by atoms with Gasteiger partial charge in [-0.05, 0) is 38.5 Å². The van der Waals surface area contributed by atoms with Crippen LogP contribution in [0.1, 0.15) is 32.4 Å². The summed E-state index contributed by atoms with van der Waals surface area (Å²) >= 11 is 0. The standard InChI is InChI=1S/C13H16N2O/c1-9(2)15-8-14-12-5-4-11(6-10(3)16)7-13(12)15/h4-5,7-9H,6H2,1-3H3. The van der Waals surface area contributed by atoms with E-state index in [0.29, 0.717) is 12.5 Å². The van der Waals surface area contributed by atoms with Gasteiger partial charge in [-0.3, -0.25) is 4.79 Å². The van der Waals surface area contributed by atoms with Gasteiger partial charge in [0.2, 0.25) is 0 Å². The van der Waals surface area contributed by atoms with Crippen molar-refractivity contribution in [1.82, 2.24) is 9.55 Å². The Bertz CT molecular complexity index is 526. The second-order valence-corrected chi connectivity index (χ2v) is 4.45. The molecule has 1 aromatic carbocycles. The van der Waals surface area contributed by atoms with Crippen LogP contribution in [0, 0.1) is 0 Å². The van der Waals surface area contributed by atoms with Crippen molar-refractivity contribution in [2.45, 2.75) is 33.2 Å². The first kappa shape index (κ1) is 10.9. The van der Waals surface area contributed by atoms with Gasteiger partial charge < -0.3 is 4.57 Å². The molecule has 0 aliphatic rings. The number of ketones is 1. The predicted molar refractivity (Wildman–Crippen MR) is 64.5 cm³/mol. The molecule has 0 saturated heterocycles. The number of hydrogen-bond acceptors (Lipinski definition) is 2. The highest BCUT2D eigenvalue weighted by Gasteiger charge is 2.07.